The Balaban J connectivity index is 2.47. The van der Waals surface area contributed by atoms with E-state index in [4.69, 9.17) is 0 Å². The van der Waals surface area contributed by atoms with Crippen LogP contribution in [0.1, 0.15) is 13.3 Å². The van der Waals surface area contributed by atoms with Crippen molar-refractivity contribution in [3.63, 3.8) is 0 Å². The highest BCUT2D eigenvalue weighted by Crippen LogP contribution is 2.28. The topological polar surface area (TPSA) is 36.4 Å². The van der Waals surface area contributed by atoms with Crippen molar-refractivity contribution < 1.29 is 4.79 Å². The van der Waals surface area contributed by atoms with E-state index >= 15 is 0 Å². The van der Waals surface area contributed by atoms with E-state index in [2.05, 4.69) is 9.88 Å². The van der Waals surface area contributed by atoms with Gasteiger partial charge in [0.1, 0.15) is 0 Å². The summed E-state index contributed by atoms with van der Waals surface area (Å²) in [7, 11) is 2.01. The van der Waals surface area contributed by atoms with Gasteiger partial charge in [-0.3, -0.25) is 4.79 Å². The molecule has 15 heavy (non-hydrogen) atoms. The van der Waals surface area contributed by atoms with Gasteiger partial charge in [-0.05, 0) is 18.6 Å². The number of nitrogens with zero attached hydrogens (tertiary/aromatic N) is 3. The number of carbonyl (C=O) groups is 1. The number of rotatable bonds is 0. The molecule has 4 heteroatoms. The Morgan fingerprint density at radius 2 is 2.27 bits per heavy atom. The molecule has 0 radical (unpaired) electrons. The van der Waals surface area contributed by atoms with E-state index < -0.39 is 0 Å². The first-order valence-corrected chi connectivity index (χ1v) is 5.14. The minimum absolute atomic E-state index is 0.0829. The maximum Gasteiger partial charge on any atom is 0.223 e. The van der Waals surface area contributed by atoms with Crippen molar-refractivity contribution in [2.24, 2.45) is 0 Å². The van der Waals surface area contributed by atoms with Gasteiger partial charge in [0.25, 0.3) is 0 Å². The Labute approximate surface area is 89.5 Å². The van der Waals surface area contributed by atoms with Crippen LogP contribution in [0, 0.1) is 0 Å². The number of amides is 1. The monoisotopic (exact) mass is 205 g/mol. The lowest BCUT2D eigenvalue weighted by Gasteiger charge is -2.21. The third-order valence-corrected chi connectivity index (χ3v) is 2.67. The van der Waals surface area contributed by atoms with Crippen LogP contribution in [-0.2, 0) is 4.79 Å². The highest BCUT2D eigenvalue weighted by atomic mass is 16.2. The molecule has 1 amide bonds. The van der Waals surface area contributed by atoms with Crippen molar-refractivity contribution in [3.8, 4) is 0 Å². The van der Waals surface area contributed by atoms with E-state index in [0.29, 0.717) is 0 Å². The van der Waals surface area contributed by atoms with Gasteiger partial charge in [0.05, 0.1) is 5.69 Å². The lowest BCUT2D eigenvalue weighted by atomic mass is 10.3. The molecule has 80 valence electrons. The fourth-order valence-electron chi connectivity index (χ4n) is 1.91. The highest BCUT2D eigenvalue weighted by molar-refractivity contribution is 5.94. The van der Waals surface area contributed by atoms with Crippen molar-refractivity contribution in [2.45, 2.75) is 13.3 Å². The molecule has 1 aromatic heterocycles. The smallest absolute Gasteiger partial charge is 0.223 e. The first-order chi connectivity index (χ1) is 7.20. The van der Waals surface area contributed by atoms with Crippen molar-refractivity contribution in [1.29, 1.82) is 0 Å². The lowest BCUT2D eigenvalue weighted by Crippen LogP contribution is -2.28. The van der Waals surface area contributed by atoms with Crippen molar-refractivity contribution in [2.75, 3.05) is 29.9 Å². The van der Waals surface area contributed by atoms with Crippen molar-refractivity contribution in [1.82, 2.24) is 4.98 Å². The SMILES string of the molecule is CC(=O)N1CCCN(C)c2ncccc21. The van der Waals surface area contributed by atoms with Gasteiger partial charge in [0.15, 0.2) is 5.82 Å². The molecule has 0 aliphatic carbocycles. The molecule has 0 bridgehead atoms. The maximum atomic E-state index is 11.5. The lowest BCUT2D eigenvalue weighted by molar-refractivity contribution is -0.116. The van der Waals surface area contributed by atoms with Gasteiger partial charge in [0, 0.05) is 33.3 Å². The number of pyridine rings is 1. The molecule has 0 spiro atoms. The van der Waals surface area contributed by atoms with Gasteiger partial charge in [-0.2, -0.15) is 0 Å². The standard InChI is InChI=1S/C11H15N3O/c1-9(15)14-8-4-7-13(2)11-10(14)5-3-6-12-11/h3,5-6H,4,7-8H2,1-2H3. The van der Waals surface area contributed by atoms with E-state index in [1.807, 2.05) is 19.2 Å². The molecule has 0 saturated heterocycles. The summed E-state index contributed by atoms with van der Waals surface area (Å²) in [5.74, 6) is 0.977. The molecule has 1 aliphatic heterocycles. The van der Waals surface area contributed by atoms with Crippen LogP contribution in [0.3, 0.4) is 0 Å². The Morgan fingerprint density at radius 3 is 3.00 bits per heavy atom. The predicted octanol–water partition coefficient (Wildman–Crippen LogP) is 1.27. The summed E-state index contributed by atoms with van der Waals surface area (Å²) in [6, 6.07) is 3.82. The summed E-state index contributed by atoms with van der Waals surface area (Å²) in [5, 5.41) is 0. The third-order valence-electron chi connectivity index (χ3n) is 2.67. The van der Waals surface area contributed by atoms with Gasteiger partial charge in [0.2, 0.25) is 5.91 Å². The fourth-order valence-corrected chi connectivity index (χ4v) is 1.91. The molecule has 1 aromatic rings. The predicted molar refractivity (Wildman–Crippen MR) is 60.2 cm³/mol. The van der Waals surface area contributed by atoms with Crippen LogP contribution in [0.4, 0.5) is 11.5 Å². The minimum Gasteiger partial charge on any atom is -0.358 e. The zero-order chi connectivity index (χ0) is 10.8. The van der Waals surface area contributed by atoms with E-state index in [1.165, 1.54) is 0 Å². The van der Waals surface area contributed by atoms with E-state index in [0.717, 1.165) is 31.0 Å². The first-order valence-electron chi connectivity index (χ1n) is 5.14. The van der Waals surface area contributed by atoms with Crippen LogP contribution in [0.5, 0.6) is 0 Å². The van der Waals surface area contributed by atoms with E-state index in [1.54, 1.807) is 18.0 Å². The summed E-state index contributed by atoms with van der Waals surface area (Å²) < 4.78 is 0. The van der Waals surface area contributed by atoms with Crippen LogP contribution < -0.4 is 9.80 Å². The number of anilines is 2. The second kappa shape index (κ2) is 3.88. The summed E-state index contributed by atoms with van der Waals surface area (Å²) in [4.78, 5) is 19.7. The summed E-state index contributed by atoms with van der Waals surface area (Å²) >= 11 is 0. The number of aromatic nitrogens is 1. The van der Waals surface area contributed by atoms with Crippen LogP contribution >= 0.6 is 0 Å². The van der Waals surface area contributed by atoms with Crippen LogP contribution in [0.25, 0.3) is 0 Å². The van der Waals surface area contributed by atoms with E-state index in [-0.39, 0.29) is 5.91 Å². The molecule has 4 nitrogen and oxygen atoms in total. The molecule has 0 fully saturated rings. The normalized spacial score (nSPS) is 15.9. The van der Waals surface area contributed by atoms with Crippen LogP contribution in [0.15, 0.2) is 18.3 Å². The molecule has 0 atom stereocenters. The molecule has 0 N–H and O–H groups in total. The average Bonchev–Trinajstić information content (AvgIpc) is 2.39. The Hall–Kier alpha value is -1.58. The Bertz CT molecular complexity index is 378. The van der Waals surface area contributed by atoms with Crippen molar-refractivity contribution in [3.05, 3.63) is 18.3 Å². The van der Waals surface area contributed by atoms with Gasteiger partial charge in [-0.25, -0.2) is 4.98 Å². The molecule has 0 aromatic carbocycles. The molecule has 2 heterocycles. The van der Waals surface area contributed by atoms with E-state index in [9.17, 15) is 4.79 Å². The largest absolute Gasteiger partial charge is 0.358 e. The Kier molecular flexibility index (Phi) is 2.58. The Morgan fingerprint density at radius 1 is 1.47 bits per heavy atom. The minimum atomic E-state index is 0.0829. The number of hydrogen-bond donors (Lipinski definition) is 0. The zero-order valence-electron chi connectivity index (χ0n) is 9.10. The molecule has 1 aliphatic rings. The molecule has 0 unspecified atom stereocenters. The van der Waals surface area contributed by atoms with Crippen LogP contribution in [0.2, 0.25) is 0 Å². The number of fused-ring (bicyclic) bond motifs is 1. The summed E-state index contributed by atoms with van der Waals surface area (Å²) in [6.07, 6.45) is 2.74. The first kappa shape index (κ1) is 9.96. The summed E-state index contributed by atoms with van der Waals surface area (Å²) in [6.45, 7) is 3.31. The van der Waals surface area contributed by atoms with Gasteiger partial charge in [-0.1, -0.05) is 0 Å². The fraction of sp³-hybridized carbons (Fsp3) is 0.455. The number of hydrogen-bond acceptors (Lipinski definition) is 3. The third kappa shape index (κ3) is 1.79. The molecular weight excluding hydrogens is 190 g/mol. The molecule has 0 saturated carbocycles. The molecular formula is C11H15N3O. The summed E-state index contributed by atoms with van der Waals surface area (Å²) in [5.41, 5.74) is 0.921. The van der Waals surface area contributed by atoms with Gasteiger partial charge < -0.3 is 9.80 Å². The maximum absolute atomic E-state index is 11.5. The van der Waals surface area contributed by atoms with Gasteiger partial charge in [-0.15, -0.1) is 0 Å². The van der Waals surface area contributed by atoms with Gasteiger partial charge >= 0.3 is 0 Å². The zero-order valence-corrected chi connectivity index (χ0v) is 9.10. The van der Waals surface area contributed by atoms with Crippen LogP contribution in [-0.4, -0.2) is 31.0 Å². The highest BCUT2D eigenvalue weighted by Gasteiger charge is 2.21. The quantitative estimate of drug-likeness (QED) is 0.640. The van der Waals surface area contributed by atoms with Crippen molar-refractivity contribution >= 4 is 17.4 Å². The second-order valence-corrected chi connectivity index (χ2v) is 3.79. The number of carbonyl (C=O) groups excluding carboxylic acids is 1. The second-order valence-electron chi connectivity index (χ2n) is 3.79. The average molecular weight is 205 g/mol. The molecule has 2 rings (SSSR count).